The van der Waals surface area contributed by atoms with Gasteiger partial charge in [0.1, 0.15) is 5.82 Å². The fourth-order valence-corrected chi connectivity index (χ4v) is 1.59. The van der Waals surface area contributed by atoms with Crippen molar-refractivity contribution in [1.82, 2.24) is 4.98 Å². The molecule has 18 heavy (non-hydrogen) atoms. The average molecular weight is 241 g/mol. The van der Waals surface area contributed by atoms with Crippen LogP contribution in [0.3, 0.4) is 0 Å². The highest BCUT2D eigenvalue weighted by Gasteiger charge is 2.13. The summed E-state index contributed by atoms with van der Waals surface area (Å²) in [5.74, 6) is 0.488. The Labute approximate surface area is 106 Å². The number of rotatable bonds is 2. The van der Waals surface area contributed by atoms with Gasteiger partial charge in [0.05, 0.1) is 11.9 Å². The average Bonchev–Trinajstić information content (AvgIpc) is 2.39. The zero-order chi connectivity index (χ0) is 13.1. The van der Waals surface area contributed by atoms with Crippen LogP contribution >= 0.6 is 0 Å². The van der Waals surface area contributed by atoms with E-state index in [1.54, 1.807) is 19.2 Å². The minimum atomic E-state index is -0.0905. The first-order chi connectivity index (χ1) is 8.58. The maximum atomic E-state index is 12.2. The van der Waals surface area contributed by atoms with E-state index in [0.29, 0.717) is 17.1 Å². The van der Waals surface area contributed by atoms with Gasteiger partial charge in [-0.15, -0.1) is 0 Å². The lowest BCUT2D eigenvalue weighted by molar-refractivity contribution is 0.0992. The summed E-state index contributed by atoms with van der Waals surface area (Å²) in [5.41, 5.74) is 7.91. The number of carbonyl (C=O) groups is 1. The van der Waals surface area contributed by atoms with Crippen molar-refractivity contribution in [1.29, 1.82) is 0 Å². The number of amides is 1. The number of aromatic nitrogens is 1. The van der Waals surface area contributed by atoms with Gasteiger partial charge in [-0.1, -0.05) is 17.7 Å². The Balaban J connectivity index is 2.23. The van der Waals surface area contributed by atoms with Crippen LogP contribution in [0, 0.1) is 6.92 Å². The van der Waals surface area contributed by atoms with Crippen molar-refractivity contribution >= 4 is 17.4 Å². The Hall–Kier alpha value is -2.36. The molecule has 1 amide bonds. The van der Waals surface area contributed by atoms with E-state index in [2.05, 4.69) is 4.98 Å². The third kappa shape index (κ3) is 2.48. The first-order valence-corrected chi connectivity index (χ1v) is 5.64. The predicted molar refractivity (Wildman–Crippen MR) is 72.6 cm³/mol. The SMILES string of the molecule is Cc1ccc(C(=O)N(C)c2ccc(N)cn2)cc1. The zero-order valence-corrected chi connectivity index (χ0v) is 10.4. The van der Waals surface area contributed by atoms with Gasteiger partial charge in [-0.05, 0) is 31.2 Å². The van der Waals surface area contributed by atoms with Gasteiger partial charge in [0.15, 0.2) is 0 Å². The molecule has 2 rings (SSSR count). The molecule has 1 aromatic heterocycles. The van der Waals surface area contributed by atoms with E-state index in [4.69, 9.17) is 5.73 Å². The summed E-state index contributed by atoms with van der Waals surface area (Å²) < 4.78 is 0. The summed E-state index contributed by atoms with van der Waals surface area (Å²) in [4.78, 5) is 17.8. The molecule has 1 heterocycles. The Morgan fingerprint density at radius 2 is 1.83 bits per heavy atom. The molecule has 0 radical (unpaired) electrons. The van der Waals surface area contributed by atoms with Crippen molar-refractivity contribution in [3.8, 4) is 0 Å². The van der Waals surface area contributed by atoms with Crippen LogP contribution in [0.4, 0.5) is 11.5 Å². The van der Waals surface area contributed by atoms with Crippen LogP contribution in [0.2, 0.25) is 0 Å². The van der Waals surface area contributed by atoms with E-state index >= 15 is 0 Å². The number of nitrogens with two attached hydrogens (primary N) is 1. The van der Waals surface area contributed by atoms with E-state index in [-0.39, 0.29) is 5.91 Å². The number of carbonyl (C=O) groups excluding carboxylic acids is 1. The van der Waals surface area contributed by atoms with Gasteiger partial charge >= 0.3 is 0 Å². The van der Waals surface area contributed by atoms with Crippen LogP contribution in [0.1, 0.15) is 15.9 Å². The molecule has 4 nitrogen and oxygen atoms in total. The lowest BCUT2D eigenvalue weighted by Gasteiger charge is -2.16. The molecule has 0 aliphatic heterocycles. The molecule has 92 valence electrons. The number of nitrogens with zero attached hydrogens (tertiary/aromatic N) is 2. The van der Waals surface area contributed by atoms with Gasteiger partial charge in [-0.3, -0.25) is 9.69 Å². The van der Waals surface area contributed by atoms with Gasteiger partial charge < -0.3 is 5.73 Å². The van der Waals surface area contributed by atoms with Crippen molar-refractivity contribution in [2.75, 3.05) is 17.7 Å². The predicted octanol–water partition coefficient (Wildman–Crippen LogP) is 2.25. The summed E-state index contributed by atoms with van der Waals surface area (Å²) in [6, 6.07) is 10.9. The summed E-state index contributed by atoms with van der Waals surface area (Å²) in [6.07, 6.45) is 1.54. The molecule has 0 aliphatic rings. The highest BCUT2D eigenvalue weighted by atomic mass is 16.2. The Morgan fingerprint density at radius 3 is 2.39 bits per heavy atom. The van der Waals surface area contributed by atoms with Crippen LogP contribution in [0.25, 0.3) is 0 Å². The number of hydrogen-bond donors (Lipinski definition) is 1. The minimum Gasteiger partial charge on any atom is -0.397 e. The van der Waals surface area contributed by atoms with Crippen LogP contribution in [0.15, 0.2) is 42.6 Å². The van der Waals surface area contributed by atoms with Gasteiger partial charge in [-0.2, -0.15) is 0 Å². The fraction of sp³-hybridized carbons (Fsp3) is 0.143. The molecule has 4 heteroatoms. The largest absolute Gasteiger partial charge is 0.397 e. The third-order valence-corrected chi connectivity index (χ3v) is 2.72. The standard InChI is InChI=1S/C14H15N3O/c1-10-3-5-11(6-4-10)14(18)17(2)13-8-7-12(15)9-16-13/h3-9H,15H2,1-2H3. The highest BCUT2D eigenvalue weighted by molar-refractivity contribution is 6.05. The summed E-state index contributed by atoms with van der Waals surface area (Å²) in [6.45, 7) is 1.99. The molecule has 1 aromatic carbocycles. The number of hydrogen-bond acceptors (Lipinski definition) is 3. The highest BCUT2D eigenvalue weighted by Crippen LogP contribution is 2.14. The van der Waals surface area contributed by atoms with Crippen LogP contribution in [0.5, 0.6) is 0 Å². The third-order valence-electron chi connectivity index (χ3n) is 2.72. The van der Waals surface area contributed by atoms with Crippen LogP contribution in [-0.2, 0) is 0 Å². The first-order valence-electron chi connectivity index (χ1n) is 5.64. The van der Waals surface area contributed by atoms with Crippen molar-refractivity contribution < 1.29 is 4.79 Å². The quantitative estimate of drug-likeness (QED) is 0.877. The second-order valence-corrected chi connectivity index (χ2v) is 4.18. The number of pyridine rings is 1. The molecule has 0 aliphatic carbocycles. The molecule has 0 atom stereocenters. The first kappa shape index (κ1) is 12.1. The molecule has 0 unspecified atom stereocenters. The summed E-state index contributed by atoms with van der Waals surface area (Å²) in [7, 11) is 1.70. The molecule has 0 saturated carbocycles. The summed E-state index contributed by atoms with van der Waals surface area (Å²) in [5, 5.41) is 0. The van der Waals surface area contributed by atoms with Crippen molar-refractivity contribution in [3.63, 3.8) is 0 Å². The van der Waals surface area contributed by atoms with Gasteiger partial charge in [0, 0.05) is 12.6 Å². The molecule has 2 N–H and O–H groups in total. The zero-order valence-electron chi connectivity index (χ0n) is 10.4. The maximum absolute atomic E-state index is 12.2. The number of aryl methyl sites for hydroxylation is 1. The topological polar surface area (TPSA) is 59.2 Å². The van der Waals surface area contributed by atoms with E-state index in [1.165, 1.54) is 11.1 Å². The molecule has 0 saturated heterocycles. The van der Waals surface area contributed by atoms with E-state index in [9.17, 15) is 4.79 Å². The van der Waals surface area contributed by atoms with Gasteiger partial charge in [0.2, 0.25) is 0 Å². The van der Waals surface area contributed by atoms with E-state index in [1.807, 2.05) is 31.2 Å². The van der Waals surface area contributed by atoms with Crippen LogP contribution in [-0.4, -0.2) is 17.9 Å². The lowest BCUT2D eigenvalue weighted by atomic mass is 10.1. The lowest BCUT2D eigenvalue weighted by Crippen LogP contribution is -2.27. The van der Waals surface area contributed by atoms with E-state index < -0.39 is 0 Å². The second kappa shape index (κ2) is 4.87. The minimum absolute atomic E-state index is 0.0905. The normalized spacial score (nSPS) is 10.1. The van der Waals surface area contributed by atoms with Gasteiger partial charge in [0.25, 0.3) is 5.91 Å². The van der Waals surface area contributed by atoms with Crippen molar-refractivity contribution in [3.05, 3.63) is 53.7 Å². The maximum Gasteiger partial charge on any atom is 0.259 e. The van der Waals surface area contributed by atoms with Crippen molar-refractivity contribution in [2.24, 2.45) is 0 Å². The number of benzene rings is 1. The van der Waals surface area contributed by atoms with Crippen LogP contribution < -0.4 is 10.6 Å². The Bertz CT molecular complexity index is 546. The number of anilines is 2. The number of nitrogen functional groups attached to an aromatic ring is 1. The molecule has 2 aromatic rings. The second-order valence-electron chi connectivity index (χ2n) is 4.18. The molecular formula is C14H15N3O. The Morgan fingerprint density at radius 1 is 1.17 bits per heavy atom. The van der Waals surface area contributed by atoms with Crippen molar-refractivity contribution in [2.45, 2.75) is 6.92 Å². The molecular weight excluding hydrogens is 226 g/mol. The fourth-order valence-electron chi connectivity index (χ4n) is 1.59. The molecule has 0 fully saturated rings. The monoisotopic (exact) mass is 241 g/mol. The van der Waals surface area contributed by atoms with E-state index in [0.717, 1.165) is 5.56 Å². The molecule has 0 spiro atoms. The summed E-state index contributed by atoms with van der Waals surface area (Å²) >= 11 is 0. The smallest absolute Gasteiger partial charge is 0.259 e. The van der Waals surface area contributed by atoms with Gasteiger partial charge in [-0.25, -0.2) is 4.98 Å². The Kier molecular flexibility index (Phi) is 3.28. The molecule has 0 bridgehead atoms.